The molecule has 0 radical (unpaired) electrons. The summed E-state index contributed by atoms with van der Waals surface area (Å²) in [7, 11) is 0. The Morgan fingerprint density at radius 1 is 1.25 bits per heavy atom. The predicted molar refractivity (Wildman–Crippen MR) is 81.0 cm³/mol. The van der Waals surface area contributed by atoms with E-state index < -0.39 is 0 Å². The second-order valence-corrected chi connectivity index (χ2v) is 5.21. The molecule has 1 unspecified atom stereocenters. The van der Waals surface area contributed by atoms with E-state index in [1.54, 1.807) is 0 Å². The first kappa shape index (κ1) is 14.9. The van der Waals surface area contributed by atoms with Crippen molar-refractivity contribution in [2.75, 3.05) is 6.54 Å². The van der Waals surface area contributed by atoms with Gasteiger partial charge in [0, 0.05) is 18.3 Å². The lowest BCUT2D eigenvalue weighted by atomic mass is 9.99. The van der Waals surface area contributed by atoms with Gasteiger partial charge in [0.05, 0.1) is 11.7 Å². The Kier molecular flexibility index (Phi) is 4.65. The largest absolute Gasteiger partial charge is 0.466 e. The molecule has 0 bridgehead atoms. The smallest absolute Gasteiger partial charge is 0.106 e. The molecule has 20 heavy (non-hydrogen) atoms. The number of hydrogen-bond donors (Lipinski definition) is 1. The highest BCUT2D eigenvalue weighted by atomic mass is 16.3. The fourth-order valence-electron chi connectivity index (χ4n) is 2.73. The maximum absolute atomic E-state index is 5.81. The van der Waals surface area contributed by atoms with Crippen LogP contribution in [0.25, 0.3) is 0 Å². The molecule has 0 fully saturated rings. The molecule has 0 aliphatic rings. The lowest BCUT2D eigenvalue weighted by Gasteiger charge is -2.20. The zero-order chi connectivity index (χ0) is 14.7. The van der Waals surface area contributed by atoms with Crippen LogP contribution in [-0.4, -0.2) is 16.3 Å². The highest BCUT2D eigenvalue weighted by molar-refractivity contribution is 5.38. The van der Waals surface area contributed by atoms with E-state index in [-0.39, 0.29) is 6.04 Å². The Hall–Kier alpha value is -1.55. The van der Waals surface area contributed by atoms with Crippen LogP contribution in [0.1, 0.15) is 54.7 Å². The summed E-state index contributed by atoms with van der Waals surface area (Å²) in [6.45, 7) is 12.4. The summed E-state index contributed by atoms with van der Waals surface area (Å²) in [4.78, 5) is 0. The highest BCUT2D eigenvalue weighted by Gasteiger charge is 2.24. The number of nitrogens with one attached hydrogen (secondary N) is 1. The van der Waals surface area contributed by atoms with Crippen molar-refractivity contribution in [1.29, 1.82) is 0 Å². The van der Waals surface area contributed by atoms with Gasteiger partial charge in [0.2, 0.25) is 0 Å². The first-order valence-corrected chi connectivity index (χ1v) is 7.41. The monoisotopic (exact) mass is 275 g/mol. The van der Waals surface area contributed by atoms with Crippen molar-refractivity contribution < 1.29 is 4.42 Å². The number of aryl methyl sites for hydroxylation is 3. The van der Waals surface area contributed by atoms with Crippen molar-refractivity contribution in [2.24, 2.45) is 0 Å². The maximum Gasteiger partial charge on any atom is 0.106 e. The van der Waals surface area contributed by atoms with Gasteiger partial charge < -0.3 is 9.73 Å². The molecule has 0 spiro atoms. The summed E-state index contributed by atoms with van der Waals surface area (Å²) in [6, 6.07) is 2.24. The molecule has 4 heteroatoms. The van der Waals surface area contributed by atoms with Gasteiger partial charge in [-0.15, -0.1) is 0 Å². The summed E-state index contributed by atoms with van der Waals surface area (Å²) >= 11 is 0. The third-order valence-electron chi connectivity index (χ3n) is 3.85. The molecule has 4 nitrogen and oxygen atoms in total. The molecule has 2 aromatic rings. The van der Waals surface area contributed by atoms with Gasteiger partial charge in [0.25, 0.3) is 0 Å². The summed E-state index contributed by atoms with van der Waals surface area (Å²) in [6.07, 6.45) is 2.97. The first-order valence-electron chi connectivity index (χ1n) is 7.41. The van der Waals surface area contributed by atoms with Crippen LogP contribution in [-0.2, 0) is 6.54 Å². The minimum absolute atomic E-state index is 0.148. The van der Waals surface area contributed by atoms with Crippen LogP contribution in [0.15, 0.2) is 16.7 Å². The van der Waals surface area contributed by atoms with Gasteiger partial charge in [-0.2, -0.15) is 5.10 Å². The van der Waals surface area contributed by atoms with Gasteiger partial charge in [0.15, 0.2) is 0 Å². The van der Waals surface area contributed by atoms with E-state index in [2.05, 4.69) is 41.9 Å². The minimum atomic E-state index is 0.148. The van der Waals surface area contributed by atoms with E-state index in [4.69, 9.17) is 4.42 Å². The van der Waals surface area contributed by atoms with E-state index in [9.17, 15) is 0 Å². The van der Waals surface area contributed by atoms with Crippen LogP contribution in [0.2, 0.25) is 0 Å². The average Bonchev–Trinajstić information content (AvgIpc) is 2.99. The molecule has 2 aromatic heterocycles. The fraction of sp³-hybridized carbons (Fsp3) is 0.562. The zero-order valence-electron chi connectivity index (χ0n) is 13.2. The summed E-state index contributed by atoms with van der Waals surface area (Å²) in [5.74, 6) is 2.00. The van der Waals surface area contributed by atoms with E-state index in [0.29, 0.717) is 0 Å². The lowest BCUT2D eigenvalue weighted by molar-refractivity contribution is 0.485. The Labute approximate surface area is 121 Å². The van der Waals surface area contributed by atoms with Gasteiger partial charge in [-0.3, -0.25) is 4.68 Å². The molecule has 2 rings (SSSR count). The van der Waals surface area contributed by atoms with Crippen molar-refractivity contribution in [2.45, 2.75) is 53.6 Å². The second kappa shape index (κ2) is 6.27. The van der Waals surface area contributed by atoms with Crippen molar-refractivity contribution in [3.8, 4) is 0 Å². The molecule has 1 atom stereocenters. The van der Waals surface area contributed by atoms with E-state index in [1.807, 2.05) is 20.0 Å². The molecule has 0 saturated carbocycles. The van der Waals surface area contributed by atoms with Gasteiger partial charge in [0.1, 0.15) is 11.5 Å². The van der Waals surface area contributed by atoms with Crippen LogP contribution in [0.3, 0.4) is 0 Å². The molecular formula is C16H25N3O. The molecule has 0 amide bonds. The first-order chi connectivity index (χ1) is 9.60. The molecular weight excluding hydrogens is 250 g/mol. The van der Waals surface area contributed by atoms with Crippen molar-refractivity contribution in [1.82, 2.24) is 15.1 Å². The lowest BCUT2D eigenvalue weighted by Crippen LogP contribution is -2.26. The molecule has 0 aliphatic carbocycles. The van der Waals surface area contributed by atoms with Crippen molar-refractivity contribution in [3.63, 3.8) is 0 Å². The quantitative estimate of drug-likeness (QED) is 0.877. The fourth-order valence-corrected chi connectivity index (χ4v) is 2.73. The van der Waals surface area contributed by atoms with Crippen molar-refractivity contribution >= 4 is 0 Å². The van der Waals surface area contributed by atoms with Crippen molar-refractivity contribution in [3.05, 3.63) is 40.6 Å². The van der Waals surface area contributed by atoms with Gasteiger partial charge >= 0.3 is 0 Å². The number of furan rings is 1. The Morgan fingerprint density at radius 2 is 2.00 bits per heavy atom. The van der Waals surface area contributed by atoms with Gasteiger partial charge in [-0.05, 0) is 52.3 Å². The van der Waals surface area contributed by atoms with E-state index >= 15 is 0 Å². The number of rotatable bonds is 6. The van der Waals surface area contributed by atoms with Gasteiger partial charge in [-0.1, -0.05) is 6.92 Å². The Bertz CT molecular complexity index is 568. The molecule has 0 aliphatic heterocycles. The third-order valence-corrected chi connectivity index (χ3v) is 3.85. The van der Waals surface area contributed by atoms with Crippen LogP contribution < -0.4 is 5.32 Å². The van der Waals surface area contributed by atoms with Gasteiger partial charge in [-0.25, -0.2) is 0 Å². The topological polar surface area (TPSA) is 43.0 Å². The molecule has 2 heterocycles. The number of hydrogen-bond acceptors (Lipinski definition) is 3. The third kappa shape index (κ3) is 2.66. The second-order valence-electron chi connectivity index (χ2n) is 5.21. The number of aromatic nitrogens is 2. The van der Waals surface area contributed by atoms with Crippen LogP contribution in [0.5, 0.6) is 0 Å². The number of nitrogens with zero attached hydrogens (tertiary/aromatic N) is 2. The molecule has 0 saturated heterocycles. The summed E-state index contributed by atoms with van der Waals surface area (Å²) in [5.41, 5.74) is 3.69. The molecule has 1 N–H and O–H groups in total. The molecule has 0 aromatic carbocycles. The Balaban J connectivity index is 2.47. The highest BCUT2D eigenvalue weighted by Crippen LogP contribution is 2.31. The summed E-state index contributed by atoms with van der Waals surface area (Å²) < 4.78 is 7.86. The minimum Gasteiger partial charge on any atom is -0.466 e. The average molecular weight is 275 g/mol. The molecule has 110 valence electrons. The standard InChI is InChI=1S/C16H25N3O/c1-6-9-17-16(14-8-10-18-19(14)7-2)15-11(3)12(4)20-13(15)5/h8,10,16-17H,6-7,9H2,1-5H3. The Morgan fingerprint density at radius 3 is 2.55 bits per heavy atom. The predicted octanol–water partition coefficient (Wildman–Crippen LogP) is 3.51. The normalized spacial score (nSPS) is 12.8. The van der Waals surface area contributed by atoms with Crippen LogP contribution in [0.4, 0.5) is 0 Å². The zero-order valence-corrected chi connectivity index (χ0v) is 13.2. The summed E-state index contributed by atoms with van der Waals surface area (Å²) in [5, 5.41) is 8.04. The van der Waals surface area contributed by atoms with Crippen LogP contribution in [0, 0.1) is 20.8 Å². The van der Waals surface area contributed by atoms with E-state index in [0.717, 1.165) is 31.0 Å². The SMILES string of the molecule is CCCNC(c1c(C)oc(C)c1C)c1ccnn1CC. The van der Waals surface area contributed by atoms with E-state index in [1.165, 1.54) is 16.8 Å². The maximum atomic E-state index is 5.81. The van der Waals surface area contributed by atoms with Crippen LogP contribution >= 0.6 is 0 Å².